The van der Waals surface area contributed by atoms with Gasteiger partial charge in [-0.2, -0.15) is 4.68 Å². The number of benzene rings is 2. The molecule has 0 atom stereocenters. The molecule has 0 aliphatic heterocycles. The van der Waals surface area contributed by atoms with Crippen molar-refractivity contribution >= 4 is 40.5 Å². The fraction of sp³-hybridized carbons (Fsp3) is 0. The molecular formula is C13H8Cl3N5. The Morgan fingerprint density at radius 2 is 1.86 bits per heavy atom. The van der Waals surface area contributed by atoms with Gasteiger partial charge in [-0.1, -0.05) is 40.9 Å². The molecular weight excluding hydrogens is 333 g/mol. The summed E-state index contributed by atoms with van der Waals surface area (Å²) in [6, 6.07) is 10.3. The monoisotopic (exact) mass is 339 g/mol. The molecule has 0 bridgehead atoms. The van der Waals surface area contributed by atoms with Crippen LogP contribution < -0.4 is 5.73 Å². The Hall–Kier alpha value is -1.82. The molecule has 0 radical (unpaired) electrons. The highest BCUT2D eigenvalue weighted by Gasteiger charge is 2.16. The summed E-state index contributed by atoms with van der Waals surface area (Å²) in [6.45, 7) is 0. The van der Waals surface area contributed by atoms with Crippen LogP contribution in [0.3, 0.4) is 0 Å². The Balaban J connectivity index is 2.20. The first-order valence-corrected chi connectivity index (χ1v) is 6.99. The Labute approximate surface area is 135 Å². The summed E-state index contributed by atoms with van der Waals surface area (Å²) < 4.78 is 1.48. The van der Waals surface area contributed by atoms with Gasteiger partial charge in [-0.15, -0.1) is 5.10 Å². The van der Waals surface area contributed by atoms with Crippen LogP contribution in [0.4, 0.5) is 5.69 Å². The molecule has 0 saturated heterocycles. The normalized spacial score (nSPS) is 10.8. The third-order valence-electron chi connectivity index (χ3n) is 2.88. The van der Waals surface area contributed by atoms with Gasteiger partial charge < -0.3 is 5.73 Å². The molecule has 2 aromatic carbocycles. The molecule has 0 spiro atoms. The minimum Gasteiger partial charge on any atom is -0.398 e. The van der Waals surface area contributed by atoms with Crippen molar-refractivity contribution in [2.24, 2.45) is 0 Å². The van der Waals surface area contributed by atoms with Crippen LogP contribution in [-0.4, -0.2) is 20.2 Å². The number of nitrogens with two attached hydrogens (primary N) is 1. The summed E-state index contributed by atoms with van der Waals surface area (Å²) in [5.74, 6) is 0.452. The highest BCUT2D eigenvalue weighted by molar-refractivity contribution is 6.43. The standard InChI is InChI=1S/C13H8Cl3N5/c14-7-4-5-8(10(17)6-7)13-18-19-20-21(13)11-3-1-2-9(15)12(11)16/h1-6H,17H2. The Morgan fingerprint density at radius 1 is 1.05 bits per heavy atom. The van der Waals surface area contributed by atoms with Gasteiger partial charge in [0.05, 0.1) is 15.7 Å². The SMILES string of the molecule is Nc1cc(Cl)ccc1-c1nnnn1-c1cccc(Cl)c1Cl. The smallest absolute Gasteiger partial charge is 0.189 e. The zero-order chi connectivity index (χ0) is 15.0. The lowest BCUT2D eigenvalue weighted by atomic mass is 10.1. The molecule has 0 aliphatic carbocycles. The van der Waals surface area contributed by atoms with Gasteiger partial charge in [-0.05, 0) is 40.8 Å². The van der Waals surface area contributed by atoms with Crippen LogP contribution in [-0.2, 0) is 0 Å². The number of nitrogen functional groups attached to an aromatic ring is 1. The Bertz CT molecular complexity index is 815. The molecule has 3 aromatic rings. The van der Waals surface area contributed by atoms with Crippen molar-refractivity contribution in [1.82, 2.24) is 20.2 Å². The quantitative estimate of drug-likeness (QED) is 0.719. The average molecular weight is 341 g/mol. The number of aromatic nitrogens is 4. The lowest BCUT2D eigenvalue weighted by Crippen LogP contribution is -2.02. The summed E-state index contributed by atoms with van der Waals surface area (Å²) in [4.78, 5) is 0. The fourth-order valence-electron chi connectivity index (χ4n) is 1.91. The van der Waals surface area contributed by atoms with Crippen molar-refractivity contribution in [2.75, 3.05) is 5.73 Å². The van der Waals surface area contributed by atoms with Crippen LogP contribution in [0, 0.1) is 0 Å². The molecule has 0 fully saturated rings. The number of hydrogen-bond donors (Lipinski definition) is 1. The van der Waals surface area contributed by atoms with E-state index < -0.39 is 0 Å². The molecule has 2 N–H and O–H groups in total. The van der Waals surface area contributed by atoms with E-state index in [1.807, 2.05) is 0 Å². The first-order chi connectivity index (χ1) is 10.1. The van der Waals surface area contributed by atoms with Crippen molar-refractivity contribution in [3.63, 3.8) is 0 Å². The van der Waals surface area contributed by atoms with Crippen LogP contribution >= 0.6 is 34.8 Å². The van der Waals surface area contributed by atoms with Crippen molar-refractivity contribution in [3.8, 4) is 17.1 Å². The minimum absolute atomic E-state index is 0.361. The molecule has 106 valence electrons. The van der Waals surface area contributed by atoms with Gasteiger partial charge in [0.2, 0.25) is 0 Å². The minimum atomic E-state index is 0.361. The molecule has 8 heteroatoms. The van der Waals surface area contributed by atoms with Gasteiger partial charge in [0, 0.05) is 16.3 Å². The average Bonchev–Trinajstić information content (AvgIpc) is 2.91. The predicted molar refractivity (Wildman–Crippen MR) is 84.0 cm³/mol. The largest absolute Gasteiger partial charge is 0.398 e. The highest BCUT2D eigenvalue weighted by Crippen LogP contribution is 2.32. The molecule has 0 unspecified atom stereocenters. The molecule has 1 aromatic heterocycles. The topological polar surface area (TPSA) is 69.6 Å². The van der Waals surface area contributed by atoms with Gasteiger partial charge in [-0.3, -0.25) is 0 Å². The third kappa shape index (κ3) is 2.55. The van der Waals surface area contributed by atoms with E-state index in [-0.39, 0.29) is 0 Å². The third-order valence-corrected chi connectivity index (χ3v) is 3.93. The van der Waals surface area contributed by atoms with Crippen LogP contribution in [0.15, 0.2) is 36.4 Å². The molecule has 0 saturated carbocycles. The zero-order valence-electron chi connectivity index (χ0n) is 10.5. The second-order valence-corrected chi connectivity index (χ2v) is 5.44. The number of hydrogen-bond acceptors (Lipinski definition) is 4. The second kappa shape index (κ2) is 5.52. The molecule has 21 heavy (non-hydrogen) atoms. The molecule has 0 amide bonds. The molecule has 3 rings (SSSR count). The van der Waals surface area contributed by atoms with Crippen LogP contribution in [0.1, 0.15) is 0 Å². The van der Waals surface area contributed by atoms with E-state index in [1.165, 1.54) is 4.68 Å². The predicted octanol–water partition coefficient (Wildman–Crippen LogP) is 3.87. The summed E-state index contributed by atoms with van der Waals surface area (Å²) >= 11 is 18.1. The number of halogens is 3. The van der Waals surface area contributed by atoms with Crippen molar-refractivity contribution in [3.05, 3.63) is 51.5 Å². The van der Waals surface area contributed by atoms with Crippen molar-refractivity contribution in [1.29, 1.82) is 0 Å². The van der Waals surface area contributed by atoms with Gasteiger partial charge in [0.1, 0.15) is 0 Å². The Morgan fingerprint density at radius 3 is 2.62 bits per heavy atom. The van der Waals surface area contributed by atoms with Gasteiger partial charge in [0.25, 0.3) is 0 Å². The highest BCUT2D eigenvalue weighted by atomic mass is 35.5. The second-order valence-electron chi connectivity index (χ2n) is 4.22. The number of nitrogens with zero attached hydrogens (tertiary/aromatic N) is 4. The maximum atomic E-state index is 6.21. The van der Waals surface area contributed by atoms with Crippen LogP contribution in [0.5, 0.6) is 0 Å². The van der Waals surface area contributed by atoms with Crippen molar-refractivity contribution in [2.45, 2.75) is 0 Å². The van der Waals surface area contributed by atoms with Crippen LogP contribution in [0.25, 0.3) is 17.1 Å². The van der Waals surface area contributed by atoms with Crippen molar-refractivity contribution < 1.29 is 0 Å². The molecule has 0 aliphatic rings. The van der Waals surface area contributed by atoms with E-state index in [1.54, 1.807) is 36.4 Å². The summed E-state index contributed by atoms with van der Waals surface area (Å²) in [6.07, 6.45) is 0. The zero-order valence-corrected chi connectivity index (χ0v) is 12.7. The lowest BCUT2D eigenvalue weighted by molar-refractivity contribution is 0.791. The van der Waals surface area contributed by atoms with E-state index in [0.29, 0.717) is 37.8 Å². The van der Waals surface area contributed by atoms with E-state index in [9.17, 15) is 0 Å². The fourth-order valence-corrected chi connectivity index (χ4v) is 2.47. The summed E-state index contributed by atoms with van der Waals surface area (Å²) in [5, 5.41) is 13.0. The summed E-state index contributed by atoms with van der Waals surface area (Å²) in [5.41, 5.74) is 7.67. The van der Waals surface area contributed by atoms with E-state index >= 15 is 0 Å². The first-order valence-electron chi connectivity index (χ1n) is 5.86. The maximum absolute atomic E-state index is 6.21. The van der Waals surface area contributed by atoms with E-state index in [4.69, 9.17) is 40.5 Å². The number of rotatable bonds is 2. The maximum Gasteiger partial charge on any atom is 0.189 e. The van der Waals surface area contributed by atoms with Crippen LogP contribution in [0.2, 0.25) is 15.1 Å². The first kappa shape index (κ1) is 14.1. The van der Waals surface area contributed by atoms with E-state index in [2.05, 4.69) is 15.5 Å². The number of tetrazole rings is 1. The lowest BCUT2D eigenvalue weighted by Gasteiger charge is -2.09. The molecule has 1 heterocycles. The van der Waals surface area contributed by atoms with E-state index in [0.717, 1.165) is 0 Å². The summed E-state index contributed by atoms with van der Waals surface area (Å²) in [7, 11) is 0. The number of anilines is 1. The van der Waals surface area contributed by atoms with Gasteiger partial charge in [0.15, 0.2) is 5.82 Å². The Kier molecular flexibility index (Phi) is 3.71. The van der Waals surface area contributed by atoms with Gasteiger partial charge in [-0.25, -0.2) is 0 Å². The van der Waals surface area contributed by atoms with Gasteiger partial charge >= 0.3 is 0 Å². The molecule has 5 nitrogen and oxygen atoms in total.